The highest BCUT2D eigenvalue weighted by molar-refractivity contribution is 9.09. The van der Waals surface area contributed by atoms with Crippen LogP contribution in [0.2, 0.25) is 0 Å². The Bertz CT molecular complexity index is 527. The number of aryl methyl sites for hydroxylation is 1. The largest absolute Gasteiger partial charge is 0.250 e. The van der Waals surface area contributed by atoms with Crippen molar-refractivity contribution in [3.8, 4) is 0 Å². The molecule has 2 atom stereocenters. The number of alkyl halides is 1. The lowest BCUT2D eigenvalue weighted by Gasteiger charge is -2.30. The molecule has 1 aliphatic carbocycles. The fraction of sp³-hybridized carbons (Fsp3) is 0.714. The average molecular weight is 380 g/mol. The Hall–Kier alpha value is 0.0900. The van der Waals surface area contributed by atoms with Crippen LogP contribution in [0.25, 0.3) is 0 Å². The van der Waals surface area contributed by atoms with Crippen molar-refractivity contribution in [3.63, 3.8) is 0 Å². The molecule has 1 aliphatic rings. The van der Waals surface area contributed by atoms with E-state index < -0.39 is 10.0 Å². The zero-order chi connectivity index (χ0) is 14.6. The summed E-state index contributed by atoms with van der Waals surface area (Å²) in [5.74, 6) is 1.06. The number of hydrogen-bond acceptors (Lipinski definition) is 3. The van der Waals surface area contributed by atoms with Gasteiger partial charge in [-0.1, -0.05) is 35.7 Å². The zero-order valence-corrected chi connectivity index (χ0v) is 15.0. The van der Waals surface area contributed by atoms with Crippen molar-refractivity contribution in [1.82, 2.24) is 4.72 Å². The average Bonchev–Trinajstić information content (AvgIpc) is 2.95. The molecule has 0 spiro atoms. The predicted molar refractivity (Wildman–Crippen MR) is 88.1 cm³/mol. The first-order valence-corrected chi connectivity index (χ1v) is 10.6. The Labute approximate surface area is 134 Å². The summed E-state index contributed by atoms with van der Waals surface area (Å²) < 4.78 is 27.8. The summed E-state index contributed by atoms with van der Waals surface area (Å²) in [6.07, 6.45) is 5.70. The molecule has 2 unspecified atom stereocenters. The molecule has 1 fully saturated rings. The van der Waals surface area contributed by atoms with Gasteiger partial charge in [-0.05, 0) is 43.2 Å². The maximum absolute atomic E-state index is 12.3. The minimum atomic E-state index is -3.33. The van der Waals surface area contributed by atoms with Gasteiger partial charge >= 0.3 is 0 Å². The van der Waals surface area contributed by atoms with E-state index in [1.807, 2.05) is 13.0 Å². The van der Waals surface area contributed by atoms with Crippen molar-refractivity contribution in [2.24, 2.45) is 11.8 Å². The van der Waals surface area contributed by atoms with Gasteiger partial charge in [0.05, 0.1) is 0 Å². The molecule has 0 amide bonds. The molecule has 3 nitrogen and oxygen atoms in total. The number of nitrogens with one attached hydrogen (secondary N) is 1. The summed E-state index contributed by atoms with van der Waals surface area (Å²) in [6.45, 7) is 2.61. The molecule has 0 bridgehead atoms. The Morgan fingerprint density at radius 1 is 1.30 bits per heavy atom. The summed E-state index contributed by atoms with van der Waals surface area (Å²) in [5, 5.41) is 0.971. The van der Waals surface area contributed by atoms with E-state index in [1.165, 1.54) is 30.6 Å². The molecular formula is C14H22BrNO2S2. The molecule has 20 heavy (non-hydrogen) atoms. The Balaban J connectivity index is 1.98. The van der Waals surface area contributed by atoms with Crippen molar-refractivity contribution in [1.29, 1.82) is 0 Å². The molecule has 6 heteroatoms. The Kier molecular flexibility index (Phi) is 6.08. The van der Waals surface area contributed by atoms with E-state index in [-0.39, 0.29) is 0 Å². The van der Waals surface area contributed by atoms with Gasteiger partial charge in [0.15, 0.2) is 0 Å². The highest BCUT2D eigenvalue weighted by Gasteiger charge is 2.26. The van der Waals surface area contributed by atoms with Gasteiger partial charge in [-0.3, -0.25) is 0 Å². The van der Waals surface area contributed by atoms with Gasteiger partial charge in [0.25, 0.3) is 0 Å². The van der Waals surface area contributed by atoms with Crippen LogP contribution in [0.4, 0.5) is 0 Å². The third-order valence-electron chi connectivity index (χ3n) is 4.05. The Morgan fingerprint density at radius 3 is 2.60 bits per heavy atom. The van der Waals surface area contributed by atoms with Crippen LogP contribution in [0.3, 0.4) is 0 Å². The first kappa shape index (κ1) is 16.5. The highest BCUT2D eigenvalue weighted by Crippen LogP contribution is 2.31. The molecule has 0 aromatic carbocycles. The second-order valence-corrected chi connectivity index (χ2v) is 9.19. The van der Waals surface area contributed by atoms with E-state index in [1.54, 1.807) is 6.07 Å². The molecule has 1 N–H and O–H groups in total. The molecule has 114 valence electrons. The summed E-state index contributed by atoms with van der Waals surface area (Å²) >= 11 is 4.93. The first-order chi connectivity index (χ1) is 9.56. The van der Waals surface area contributed by atoms with Crippen LogP contribution in [0.5, 0.6) is 0 Å². The van der Waals surface area contributed by atoms with E-state index >= 15 is 0 Å². The third-order valence-corrected chi connectivity index (χ3v) is 8.03. The monoisotopic (exact) mass is 379 g/mol. The Morgan fingerprint density at radius 2 is 2.00 bits per heavy atom. The molecule has 0 aliphatic heterocycles. The molecule has 1 aromatic heterocycles. The van der Waals surface area contributed by atoms with Crippen molar-refractivity contribution in [3.05, 3.63) is 17.0 Å². The predicted octanol–water partition coefficient (Wildman–Crippen LogP) is 3.79. The first-order valence-electron chi connectivity index (χ1n) is 7.21. The summed E-state index contributed by atoms with van der Waals surface area (Å²) in [6, 6.07) is 3.62. The van der Waals surface area contributed by atoms with Crippen LogP contribution >= 0.6 is 27.3 Å². The van der Waals surface area contributed by atoms with Gasteiger partial charge < -0.3 is 0 Å². The number of hydrogen-bond donors (Lipinski definition) is 1. The molecule has 1 saturated carbocycles. The zero-order valence-electron chi connectivity index (χ0n) is 11.8. The van der Waals surface area contributed by atoms with Crippen LogP contribution < -0.4 is 4.72 Å². The lowest BCUT2D eigenvalue weighted by atomic mass is 9.80. The molecule has 1 heterocycles. The van der Waals surface area contributed by atoms with Gasteiger partial charge in [0, 0.05) is 16.8 Å². The number of thiophene rings is 1. The highest BCUT2D eigenvalue weighted by atomic mass is 79.9. The standard InChI is InChI=1S/C14H22BrNO2S2/c1-2-13-7-8-14(19-13)20(17,18)16-10-12-6-4-3-5-11(12)9-15/h7-8,11-12,16H,2-6,9-10H2,1H3. The summed E-state index contributed by atoms with van der Waals surface area (Å²) in [5.41, 5.74) is 0. The van der Waals surface area contributed by atoms with Gasteiger partial charge in [-0.2, -0.15) is 0 Å². The maximum Gasteiger partial charge on any atom is 0.250 e. The molecule has 1 aromatic rings. The van der Waals surface area contributed by atoms with Crippen molar-refractivity contribution < 1.29 is 8.42 Å². The smallest absolute Gasteiger partial charge is 0.210 e. The molecule has 0 radical (unpaired) electrons. The van der Waals surface area contributed by atoms with Gasteiger partial charge in [-0.25, -0.2) is 13.1 Å². The van der Waals surface area contributed by atoms with E-state index in [2.05, 4.69) is 20.7 Å². The van der Waals surface area contributed by atoms with Crippen LogP contribution in [-0.2, 0) is 16.4 Å². The van der Waals surface area contributed by atoms with Crippen molar-refractivity contribution >= 4 is 37.3 Å². The van der Waals surface area contributed by atoms with Gasteiger partial charge in [-0.15, -0.1) is 11.3 Å². The lowest BCUT2D eigenvalue weighted by Crippen LogP contribution is -2.34. The van der Waals surface area contributed by atoms with Crippen LogP contribution in [-0.4, -0.2) is 20.3 Å². The van der Waals surface area contributed by atoms with Crippen molar-refractivity contribution in [2.45, 2.75) is 43.2 Å². The number of sulfonamides is 1. The van der Waals surface area contributed by atoms with Crippen LogP contribution in [0, 0.1) is 11.8 Å². The van der Waals surface area contributed by atoms with E-state index in [0.717, 1.165) is 23.0 Å². The number of rotatable bonds is 6. The van der Waals surface area contributed by atoms with E-state index in [9.17, 15) is 8.42 Å². The number of halogens is 1. The second-order valence-electron chi connectivity index (χ2n) is 5.39. The SMILES string of the molecule is CCc1ccc(S(=O)(=O)NCC2CCCCC2CBr)s1. The van der Waals surface area contributed by atoms with E-state index in [0.29, 0.717) is 22.6 Å². The quantitative estimate of drug-likeness (QED) is 0.764. The molecule has 0 saturated heterocycles. The summed E-state index contributed by atoms with van der Waals surface area (Å²) in [7, 11) is -3.33. The van der Waals surface area contributed by atoms with E-state index in [4.69, 9.17) is 0 Å². The van der Waals surface area contributed by atoms with Crippen LogP contribution in [0.1, 0.15) is 37.5 Å². The molecular weight excluding hydrogens is 358 g/mol. The fourth-order valence-electron chi connectivity index (χ4n) is 2.74. The topological polar surface area (TPSA) is 46.2 Å². The minimum absolute atomic E-state index is 0.445. The normalized spacial score (nSPS) is 23.9. The second kappa shape index (κ2) is 7.38. The third kappa shape index (κ3) is 4.06. The minimum Gasteiger partial charge on any atom is -0.210 e. The van der Waals surface area contributed by atoms with Crippen LogP contribution in [0.15, 0.2) is 16.3 Å². The summed E-state index contributed by atoms with van der Waals surface area (Å²) in [4.78, 5) is 1.11. The maximum atomic E-state index is 12.3. The van der Waals surface area contributed by atoms with Gasteiger partial charge in [0.1, 0.15) is 4.21 Å². The fourth-order valence-corrected chi connectivity index (χ4v) is 6.02. The molecule has 2 rings (SSSR count). The van der Waals surface area contributed by atoms with Crippen molar-refractivity contribution in [2.75, 3.05) is 11.9 Å². The lowest BCUT2D eigenvalue weighted by molar-refractivity contribution is 0.263. The van der Waals surface area contributed by atoms with Gasteiger partial charge in [0.2, 0.25) is 10.0 Å².